The zero-order valence-electron chi connectivity index (χ0n) is 13.0. The van der Waals surface area contributed by atoms with Gasteiger partial charge in [0.05, 0.1) is 0 Å². The van der Waals surface area contributed by atoms with E-state index in [1.165, 1.54) is 12.1 Å². The van der Waals surface area contributed by atoms with E-state index in [0.29, 0.717) is 13.0 Å². The van der Waals surface area contributed by atoms with Crippen molar-refractivity contribution in [2.45, 2.75) is 39.2 Å². The highest BCUT2D eigenvalue weighted by molar-refractivity contribution is 5.78. The van der Waals surface area contributed by atoms with Gasteiger partial charge in [0, 0.05) is 18.8 Å². The zero-order valence-corrected chi connectivity index (χ0v) is 13.0. The first-order chi connectivity index (χ1) is 9.92. The molecule has 2 N–H and O–H groups in total. The molecule has 0 fully saturated rings. The molecule has 0 saturated carbocycles. The second-order valence-electron chi connectivity index (χ2n) is 5.33. The Morgan fingerprint density at radius 3 is 2.43 bits per heavy atom. The van der Waals surface area contributed by atoms with Crippen molar-refractivity contribution in [3.63, 3.8) is 0 Å². The van der Waals surface area contributed by atoms with Gasteiger partial charge < -0.3 is 15.3 Å². The van der Waals surface area contributed by atoms with Gasteiger partial charge in [0.15, 0.2) is 0 Å². The van der Waals surface area contributed by atoms with E-state index in [9.17, 15) is 14.3 Å². The summed E-state index contributed by atoms with van der Waals surface area (Å²) in [6.07, 6.45) is 1.30. The third-order valence-corrected chi connectivity index (χ3v) is 3.72. The molecule has 118 valence electrons. The average molecular weight is 296 g/mol. The van der Waals surface area contributed by atoms with Crippen molar-refractivity contribution >= 4 is 11.7 Å². The topological polar surface area (TPSA) is 52.6 Å². The van der Waals surface area contributed by atoms with E-state index >= 15 is 0 Å². The van der Waals surface area contributed by atoms with Crippen LogP contribution in [0.5, 0.6) is 0 Å². The number of carboxylic acid groups (broad SMARTS) is 1. The van der Waals surface area contributed by atoms with Crippen molar-refractivity contribution in [1.29, 1.82) is 0 Å². The van der Waals surface area contributed by atoms with E-state index in [2.05, 4.69) is 10.2 Å². The lowest BCUT2D eigenvalue weighted by Crippen LogP contribution is -2.49. The number of anilines is 1. The fourth-order valence-corrected chi connectivity index (χ4v) is 2.41. The minimum atomic E-state index is -0.892. The van der Waals surface area contributed by atoms with Gasteiger partial charge in [-0.15, -0.1) is 0 Å². The van der Waals surface area contributed by atoms with Gasteiger partial charge in [-0.1, -0.05) is 6.92 Å². The number of nitrogens with zero attached hydrogens (tertiary/aromatic N) is 1. The van der Waals surface area contributed by atoms with Crippen molar-refractivity contribution in [1.82, 2.24) is 5.32 Å². The number of likely N-dealkylation sites (N-methyl/N-ethyl adjacent to an activating group) is 1. The van der Waals surface area contributed by atoms with E-state index in [1.807, 2.05) is 13.8 Å². The Hall–Kier alpha value is -1.62. The molecule has 1 atom stereocenters. The lowest BCUT2D eigenvalue weighted by molar-refractivity contribution is -0.144. The monoisotopic (exact) mass is 296 g/mol. The maximum atomic E-state index is 12.9. The van der Waals surface area contributed by atoms with Crippen molar-refractivity contribution in [3.8, 4) is 0 Å². The molecule has 1 aromatic rings. The third-order valence-electron chi connectivity index (χ3n) is 3.72. The molecule has 0 saturated heterocycles. The van der Waals surface area contributed by atoms with E-state index < -0.39 is 11.5 Å². The molecule has 4 nitrogen and oxygen atoms in total. The molecule has 5 heteroatoms. The normalized spacial score (nSPS) is 13.7. The first-order valence-electron chi connectivity index (χ1n) is 7.42. The first-order valence-corrected chi connectivity index (χ1v) is 7.42. The van der Waals surface area contributed by atoms with Crippen molar-refractivity contribution in [2.75, 3.05) is 24.5 Å². The molecule has 0 bridgehead atoms. The molecule has 21 heavy (non-hydrogen) atoms. The van der Waals surface area contributed by atoms with Gasteiger partial charge in [-0.25, -0.2) is 4.39 Å². The molecule has 0 spiro atoms. The highest BCUT2D eigenvalue weighted by Gasteiger charge is 2.31. The average Bonchev–Trinajstić information content (AvgIpc) is 2.45. The van der Waals surface area contributed by atoms with Crippen LogP contribution in [-0.4, -0.2) is 36.2 Å². The van der Waals surface area contributed by atoms with Gasteiger partial charge in [-0.05, 0) is 57.5 Å². The highest BCUT2D eigenvalue weighted by atomic mass is 19.1. The summed E-state index contributed by atoms with van der Waals surface area (Å²) < 4.78 is 12.9. The van der Waals surface area contributed by atoms with Crippen LogP contribution >= 0.6 is 0 Å². The molecule has 1 aromatic carbocycles. The number of nitrogens with one attached hydrogen (secondary N) is 1. The Morgan fingerprint density at radius 1 is 1.33 bits per heavy atom. The Kier molecular flexibility index (Phi) is 6.62. The van der Waals surface area contributed by atoms with Gasteiger partial charge in [0.1, 0.15) is 11.4 Å². The van der Waals surface area contributed by atoms with Crippen LogP contribution in [0.3, 0.4) is 0 Å². The Labute approximate surface area is 126 Å². The van der Waals surface area contributed by atoms with Crippen molar-refractivity contribution < 1.29 is 14.3 Å². The summed E-state index contributed by atoms with van der Waals surface area (Å²) >= 11 is 0. The van der Waals surface area contributed by atoms with Crippen molar-refractivity contribution in [3.05, 3.63) is 30.1 Å². The number of hydrogen-bond acceptors (Lipinski definition) is 3. The number of hydrogen-bond donors (Lipinski definition) is 2. The van der Waals surface area contributed by atoms with E-state index in [-0.39, 0.29) is 5.82 Å². The first kappa shape index (κ1) is 17.4. The number of aliphatic carboxylic acids is 1. The van der Waals surface area contributed by atoms with E-state index in [4.69, 9.17) is 0 Å². The van der Waals surface area contributed by atoms with Gasteiger partial charge in [0.25, 0.3) is 0 Å². The SMILES string of the molecule is CCNC(C)(CCCN(CC)c1ccc(F)cc1)C(=O)O. The predicted octanol–water partition coefficient (Wildman–Crippen LogP) is 2.89. The fraction of sp³-hybridized carbons (Fsp3) is 0.562. The molecule has 0 aromatic heterocycles. The lowest BCUT2D eigenvalue weighted by atomic mass is 9.95. The molecule has 1 unspecified atom stereocenters. The molecule has 0 amide bonds. The number of benzene rings is 1. The Balaban J connectivity index is 2.59. The molecular weight excluding hydrogens is 271 g/mol. The highest BCUT2D eigenvalue weighted by Crippen LogP contribution is 2.18. The zero-order chi connectivity index (χ0) is 15.9. The standard InChI is InChI=1S/C16H25FN2O2/c1-4-18-16(3,15(20)21)11-6-12-19(5-2)14-9-7-13(17)8-10-14/h7-10,18H,4-6,11-12H2,1-3H3,(H,20,21). The summed E-state index contributed by atoms with van der Waals surface area (Å²) in [5, 5.41) is 12.3. The number of rotatable bonds is 9. The largest absolute Gasteiger partial charge is 0.480 e. The smallest absolute Gasteiger partial charge is 0.323 e. The molecular formula is C16H25FN2O2. The van der Waals surface area contributed by atoms with Crippen LogP contribution < -0.4 is 10.2 Å². The minimum Gasteiger partial charge on any atom is -0.480 e. The number of carbonyl (C=O) groups is 1. The van der Waals surface area contributed by atoms with Gasteiger partial charge in [-0.3, -0.25) is 4.79 Å². The summed E-state index contributed by atoms with van der Waals surface area (Å²) in [7, 11) is 0. The molecule has 0 aliphatic rings. The summed E-state index contributed by atoms with van der Waals surface area (Å²) in [5.74, 6) is -1.07. The number of carboxylic acids is 1. The molecule has 1 rings (SSSR count). The van der Waals surface area contributed by atoms with Gasteiger partial charge in [-0.2, -0.15) is 0 Å². The Morgan fingerprint density at radius 2 is 1.95 bits per heavy atom. The quantitative estimate of drug-likeness (QED) is 0.736. The molecule has 0 aliphatic heterocycles. The summed E-state index contributed by atoms with van der Waals surface area (Å²) in [5.41, 5.74) is 0.0659. The van der Waals surface area contributed by atoms with Crippen LogP contribution in [0.15, 0.2) is 24.3 Å². The predicted molar refractivity (Wildman–Crippen MR) is 83.2 cm³/mol. The summed E-state index contributed by atoms with van der Waals surface area (Å²) in [6, 6.07) is 6.38. The summed E-state index contributed by atoms with van der Waals surface area (Å²) in [4.78, 5) is 13.5. The minimum absolute atomic E-state index is 0.250. The second kappa shape index (κ2) is 7.98. The molecule has 0 heterocycles. The van der Waals surface area contributed by atoms with Crippen LogP contribution in [0, 0.1) is 5.82 Å². The Bertz CT molecular complexity index is 450. The fourth-order valence-electron chi connectivity index (χ4n) is 2.41. The van der Waals surface area contributed by atoms with Crippen molar-refractivity contribution in [2.24, 2.45) is 0 Å². The van der Waals surface area contributed by atoms with Gasteiger partial charge >= 0.3 is 5.97 Å². The molecule has 0 radical (unpaired) electrons. The maximum Gasteiger partial charge on any atom is 0.323 e. The van der Waals surface area contributed by atoms with Crippen LogP contribution in [0.1, 0.15) is 33.6 Å². The van der Waals surface area contributed by atoms with E-state index in [0.717, 1.165) is 25.2 Å². The summed E-state index contributed by atoms with van der Waals surface area (Å²) in [6.45, 7) is 7.82. The van der Waals surface area contributed by atoms with Gasteiger partial charge in [0.2, 0.25) is 0 Å². The number of halogens is 1. The maximum absolute atomic E-state index is 12.9. The third kappa shape index (κ3) is 5.01. The second-order valence-corrected chi connectivity index (χ2v) is 5.33. The molecule has 0 aliphatic carbocycles. The lowest BCUT2D eigenvalue weighted by Gasteiger charge is -2.28. The van der Waals surface area contributed by atoms with Crippen LogP contribution in [0.25, 0.3) is 0 Å². The van der Waals surface area contributed by atoms with E-state index in [1.54, 1.807) is 19.1 Å². The van der Waals surface area contributed by atoms with Crippen LogP contribution in [0.4, 0.5) is 10.1 Å². The van der Waals surface area contributed by atoms with Crippen LogP contribution in [-0.2, 0) is 4.79 Å². The van der Waals surface area contributed by atoms with Crippen LogP contribution in [0.2, 0.25) is 0 Å².